The van der Waals surface area contributed by atoms with Gasteiger partial charge in [0.1, 0.15) is 0 Å². The van der Waals surface area contributed by atoms with Gasteiger partial charge in [-0.3, -0.25) is 0 Å². The van der Waals surface area contributed by atoms with Gasteiger partial charge in [0, 0.05) is 25.2 Å². The van der Waals surface area contributed by atoms with Gasteiger partial charge in [-0.15, -0.1) is 24.0 Å². The van der Waals surface area contributed by atoms with Crippen LogP contribution in [0.1, 0.15) is 24.6 Å². The molecule has 0 aliphatic carbocycles. The Labute approximate surface area is 176 Å². The smallest absolute Gasteiger partial charge is 0.216 e. The number of nitrogens with one attached hydrogen (secondary N) is 1. The molecule has 1 aliphatic rings. The average Bonchev–Trinajstić information content (AvgIpc) is 2.79. The molecule has 1 aliphatic heterocycles. The number of aromatic nitrogens is 2. The number of aryl methyl sites for hydroxylation is 2. The fourth-order valence-corrected chi connectivity index (χ4v) is 2.90. The van der Waals surface area contributed by atoms with Crippen LogP contribution in [0.5, 0.6) is 17.4 Å². The molecule has 0 unspecified atom stereocenters. The number of anilines is 1. The Bertz CT molecular complexity index is 807. The van der Waals surface area contributed by atoms with Crippen molar-refractivity contribution in [2.45, 2.75) is 26.3 Å². The Balaban J connectivity index is 0.00000261. The van der Waals surface area contributed by atoms with Crippen molar-refractivity contribution in [3.05, 3.63) is 29.5 Å². The predicted octanol–water partition coefficient (Wildman–Crippen LogP) is 2.70. The van der Waals surface area contributed by atoms with Gasteiger partial charge in [-0.25, -0.2) is 9.67 Å². The van der Waals surface area contributed by atoms with Gasteiger partial charge in [-0.2, -0.15) is 5.10 Å². The second-order valence-electron chi connectivity index (χ2n) is 5.95. The monoisotopic (exact) mass is 487 g/mol. The number of nitrogens with two attached hydrogens (primary N) is 1. The maximum absolute atomic E-state index is 6.05. The molecule has 0 radical (unpaired) electrons. The molecule has 3 rings (SSSR count). The van der Waals surface area contributed by atoms with Gasteiger partial charge in [0.25, 0.3) is 0 Å². The van der Waals surface area contributed by atoms with Crippen molar-refractivity contribution in [3.8, 4) is 17.4 Å². The van der Waals surface area contributed by atoms with Crippen LogP contribution in [0.3, 0.4) is 0 Å². The van der Waals surface area contributed by atoms with E-state index in [4.69, 9.17) is 19.9 Å². The molecule has 148 valence electrons. The molecule has 0 fully saturated rings. The van der Waals surface area contributed by atoms with E-state index >= 15 is 0 Å². The largest absolute Gasteiger partial charge is 0.490 e. The third-order valence-electron chi connectivity index (χ3n) is 4.13. The number of guanidine groups is 1. The van der Waals surface area contributed by atoms with Gasteiger partial charge < -0.3 is 25.3 Å². The first-order valence-corrected chi connectivity index (χ1v) is 8.67. The van der Waals surface area contributed by atoms with E-state index in [9.17, 15) is 0 Å². The maximum Gasteiger partial charge on any atom is 0.216 e. The highest BCUT2D eigenvalue weighted by Gasteiger charge is 2.15. The summed E-state index contributed by atoms with van der Waals surface area (Å²) >= 11 is 0. The number of methoxy groups -OCH3 is 1. The lowest BCUT2D eigenvalue weighted by molar-refractivity contribution is 0.297. The van der Waals surface area contributed by atoms with Crippen LogP contribution in [0.2, 0.25) is 0 Å². The first kappa shape index (κ1) is 21.1. The molecular formula is C18H26IN5O3. The SMILES string of the molecule is CCc1nn(C)c(OC)c1CN=C(N)Nc1ccc2c(c1)OCCCO2.I. The fourth-order valence-electron chi connectivity index (χ4n) is 2.90. The molecule has 0 spiro atoms. The van der Waals surface area contributed by atoms with E-state index in [-0.39, 0.29) is 24.0 Å². The Kier molecular flexibility index (Phi) is 7.57. The summed E-state index contributed by atoms with van der Waals surface area (Å²) in [5, 5.41) is 7.54. The van der Waals surface area contributed by atoms with Gasteiger partial charge in [0.15, 0.2) is 17.5 Å². The maximum atomic E-state index is 6.05. The van der Waals surface area contributed by atoms with E-state index in [1.807, 2.05) is 32.2 Å². The second-order valence-corrected chi connectivity index (χ2v) is 5.95. The Morgan fingerprint density at radius 1 is 1.33 bits per heavy atom. The Morgan fingerprint density at radius 2 is 2.07 bits per heavy atom. The molecular weight excluding hydrogens is 461 g/mol. The first-order chi connectivity index (χ1) is 12.6. The molecule has 0 saturated heterocycles. The summed E-state index contributed by atoms with van der Waals surface area (Å²) in [6, 6.07) is 5.62. The van der Waals surface area contributed by atoms with Crippen LogP contribution in [-0.4, -0.2) is 36.1 Å². The highest BCUT2D eigenvalue weighted by atomic mass is 127. The number of aliphatic imine (C=N–C) groups is 1. The third-order valence-corrected chi connectivity index (χ3v) is 4.13. The molecule has 2 heterocycles. The topological polar surface area (TPSA) is 95.9 Å². The average molecular weight is 487 g/mol. The number of nitrogens with zero attached hydrogens (tertiary/aromatic N) is 3. The van der Waals surface area contributed by atoms with Crippen LogP contribution in [0.4, 0.5) is 5.69 Å². The second kappa shape index (κ2) is 9.67. The molecule has 0 saturated carbocycles. The van der Waals surface area contributed by atoms with Crippen LogP contribution < -0.4 is 25.3 Å². The van der Waals surface area contributed by atoms with E-state index in [1.165, 1.54) is 0 Å². The number of ether oxygens (including phenoxy) is 3. The van der Waals surface area contributed by atoms with Crippen LogP contribution in [0, 0.1) is 0 Å². The van der Waals surface area contributed by atoms with Crippen molar-refractivity contribution in [2.24, 2.45) is 17.8 Å². The highest BCUT2D eigenvalue weighted by Crippen LogP contribution is 2.32. The molecule has 27 heavy (non-hydrogen) atoms. The normalized spacial score (nSPS) is 13.5. The number of halogens is 1. The third kappa shape index (κ3) is 4.96. The van der Waals surface area contributed by atoms with Gasteiger partial charge in [-0.1, -0.05) is 6.92 Å². The van der Waals surface area contributed by atoms with Crippen LogP contribution >= 0.6 is 24.0 Å². The molecule has 0 amide bonds. The molecule has 0 atom stereocenters. The fraction of sp³-hybridized carbons (Fsp3) is 0.444. The highest BCUT2D eigenvalue weighted by molar-refractivity contribution is 14.0. The molecule has 2 aromatic rings. The number of benzene rings is 1. The minimum Gasteiger partial charge on any atom is -0.490 e. The zero-order valence-corrected chi connectivity index (χ0v) is 18.1. The van der Waals surface area contributed by atoms with Crippen LogP contribution in [-0.2, 0) is 20.0 Å². The summed E-state index contributed by atoms with van der Waals surface area (Å²) in [4.78, 5) is 4.43. The molecule has 8 nitrogen and oxygen atoms in total. The summed E-state index contributed by atoms with van der Waals surface area (Å²) in [7, 11) is 3.48. The minimum atomic E-state index is 0. The zero-order valence-electron chi connectivity index (χ0n) is 15.8. The number of fused-ring (bicyclic) bond motifs is 1. The van der Waals surface area contributed by atoms with Crippen molar-refractivity contribution in [2.75, 3.05) is 25.6 Å². The summed E-state index contributed by atoms with van der Waals surface area (Å²) in [5.74, 6) is 2.47. The standard InChI is InChI=1S/C18H25N5O3.HI/c1-4-14-13(17(24-3)23(2)22-14)11-20-18(19)21-12-6-7-15-16(10-12)26-9-5-8-25-15;/h6-7,10H,4-5,8-9,11H2,1-3H3,(H3,19,20,21);1H. The molecule has 3 N–H and O–H groups in total. The van der Waals surface area contributed by atoms with E-state index in [0.29, 0.717) is 37.3 Å². The van der Waals surface area contributed by atoms with Crippen molar-refractivity contribution in [1.29, 1.82) is 0 Å². The summed E-state index contributed by atoms with van der Waals surface area (Å²) in [5.41, 5.74) is 8.75. The van der Waals surface area contributed by atoms with Crippen molar-refractivity contribution < 1.29 is 14.2 Å². The van der Waals surface area contributed by atoms with Crippen LogP contribution in [0.25, 0.3) is 0 Å². The van der Waals surface area contributed by atoms with Crippen molar-refractivity contribution >= 4 is 35.6 Å². The van der Waals surface area contributed by atoms with Gasteiger partial charge >= 0.3 is 0 Å². The molecule has 1 aromatic heterocycles. The van der Waals surface area contributed by atoms with Gasteiger partial charge in [0.05, 0.1) is 38.1 Å². The quantitative estimate of drug-likeness (QED) is 0.383. The first-order valence-electron chi connectivity index (χ1n) is 8.67. The van der Waals surface area contributed by atoms with E-state index in [2.05, 4.69) is 15.4 Å². The lowest BCUT2D eigenvalue weighted by Crippen LogP contribution is -2.22. The van der Waals surface area contributed by atoms with Crippen molar-refractivity contribution in [1.82, 2.24) is 9.78 Å². The van der Waals surface area contributed by atoms with Gasteiger partial charge in [-0.05, 0) is 18.6 Å². The molecule has 9 heteroatoms. The van der Waals surface area contributed by atoms with Crippen molar-refractivity contribution in [3.63, 3.8) is 0 Å². The van der Waals surface area contributed by atoms with Gasteiger partial charge in [0.2, 0.25) is 5.88 Å². The van der Waals surface area contributed by atoms with Crippen LogP contribution in [0.15, 0.2) is 23.2 Å². The lowest BCUT2D eigenvalue weighted by Gasteiger charge is -2.11. The van der Waals surface area contributed by atoms with E-state index < -0.39 is 0 Å². The number of rotatable bonds is 5. The summed E-state index contributed by atoms with van der Waals surface area (Å²) in [6.45, 7) is 3.74. The zero-order chi connectivity index (χ0) is 18.5. The van der Waals surface area contributed by atoms with E-state index in [0.717, 1.165) is 35.5 Å². The minimum absolute atomic E-state index is 0. The Morgan fingerprint density at radius 3 is 2.78 bits per heavy atom. The predicted molar refractivity (Wildman–Crippen MR) is 116 cm³/mol. The Hall–Kier alpha value is -2.17. The number of hydrogen-bond acceptors (Lipinski definition) is 5. The van der Waals surface area contributed by atoms with E-state index in [1.54, 1.807) is 11.8 Å². The lowest BCUT2D eigenvalue weighted by atomic mass is 10.2. The summed E-state index contributed by atoms with van der Waals surface area (Å²) < 4.78 is 18.5. The molecule has 0 bridgehead atoms. The molecule has 1 aromatic carbocycles. The summed E-state index contributed by atoms with van der Waals surface area (Å²) in [6.07, 6.45) is 1.67. The number of hydrogen-bond donors (Lipinski definition) is 2.